The molecular formula is C21H23N3O4S. The summed E-state index contributed by atoms with van der Waals surface area (Å²) in [6.07, 6.45) is 0.421. The van der Waals surface area contributed by atoms with Crippen molar-refractivity contribution in [2.75, 3.05) is 18.5 Å². The Labute approximate surface area is 173 Å². The van der Waals surface area contributed by atoms with Crippen molar-refractivity contribution in [1.29, 1.82) is 5.26 Å². The Morgan fingerprint density at radius 2 is 2.24 bits per heavy atom. The predicted octanol–water partition coefficient (Wildman–Crippen LogP) is 3.97. The second-order valence-electron chi connectivity index (χ2n) is 6.94. The Hall–Kier alpha value is -3.05. The van der Waals surface area contributed by atoms with Crippen molar-refractivity contribution in [3.8, 4) is 11.8 Å². The molecule has 2 heterocycles. The summed E-state index contributed by atoms with van der Waals surface area (Å²) < 4.78 is 5.06. The molecule has 2 N–H and O–H groups in total. The number of thiophene rings is 1. The average molecular weight is 413 g/mol. The minimum absolute atomic E-state index is 0.0819. The second kappa shape index (κ2) is 8.97. The SMILES string of the molecule is CCOC(=O)N1CCc2c(sc(NC(=O)CC(C)c3cccc(O)c3)c2C#N)C1. The number of carbonyl (C=O) groups excluding carboxylic acids is 2. The lowest BCUT2D eigenvalue weighted by atomic mass is 9.97. The molecule has 0 spiro atoms. The fraction of sp³-hybridized carbons (Fsp3) is 0.381. The Bertz CT molecular complexity index is 963. The molecule has 1 aliphatic rings. The summed E-state index contributed by atoms with van der Waals surface area (Å²) in [5.74, 6) is -0.113. The maximum atomic E-state index is 12.6. The molecule has 1 aromatic heterocycles. The largest absolute Gasteiger partial charge is 0.508 e. The summed E-state index contributed by atoms with van der Waals surface area (Å²) in [7, 11) is 0. The van der Waals surface area contributed by atoms with Gasteiger partial charge in [0.1, 0.15) is 16.8 Å². The van der Waals surface area contributed by atoms with Crippen molar-refractivity contribution in [2.24, 2.45) is 0 Å². The molecule has 2 amide bonds. The van der Waals surface area contributed by atoms with Crippen molar-refractivity contribution in [1.82, 2.24) is 4.90 Å². The van der Waals surface area contributed by atoms with Crippen LogP contribution in [-0.4, -0.2) is 35.2 Å². The highest BCUT2D eigenvalue weighted by Crippen LogP contribution is 2.37. The van der Waals surface area contributed by atoms with Gasteiger partial charge in [-0.25, -0.2) is 4.79 Å². The molecule has 0 aliphatic carbocycles. The molecular weight excluding hydrogens is 390 g/mol. The number of ether oxygens (including phenoxy) is 1. The Kier molecular flexibility index (Phi) is 6.39. The first-order valence-electron chi connectivity index (χ1n) is 9.48. The first-order valence-corrected chi connectivity index (χ1v) is 10.3. The zero-order valence-corrected chi connectivity index (χ0v) is 17.2. The molecule has 1 aromatic carbocycles. The van der Waals surface area contributed by atoms with E-state index in [2.05, 4.69) is 11.4 Å². The lowest BCUT2D eigenvalue weighted by molar-refractivity contribution is -0.116. The monoisotopic (exact) mass is 413 g/mol. The number of rotatable bonds is 5. The van der Waals surface area contributed by atoms with Gasteiger partial charge in [-0.15, -0.1) is 11.3 Å². The second-order valence-corrected chi connectivity index (χ2v) is 8.04. The van der Waals surface area contributed by atoms with Crippen molar-refractivity contribution in [3.05, 3.63) is 45.8 Å². The topological polar surface area (TPSA) is 103 Å². The molecule has 0 saturated carbocycles. The van der Waals surface area contributed by atoms with Crippen LogP contribution in [0.2, 0.25) is 0 Å². The lowest BCUT2D eigenvalue weighted by Gasteiger charge is -2.25. The van der Waals surface area contributed by atoms with Crippen LogP contribution >= 0.6 is 11.3 Å². The predicted molar refractivity (Wildman–Crippen MR) is 110 cm³/mol. The van der Waals surface area contributed by atoms with Gasteiger partial charge in [0, 0.05) is 17.8 Å². The van der Waals surface area contributed by atoms with E-state index in [4.69, 9.17) is 4.74 Å². The number of aromatic hydroxyl groups is 1. The van der Waals surface area contributed by atoms with Crippen LogP contribution < -0.4 is 5.32 Å². The van der Waals surface area contributed by atoms with Crippen LogP contribution in [0, 0.1) is 11.3 Å². The molecule has 152 valence electrons. The Morgan fingerprint density at radius 1 is 1.45 bits per heavy atom. The van der Waals surface area contributed by atoms with Crippen molar-refractivity contribution < 1.29 is 19.4 Å². The van der Waals surface area contributed by atoms with E-state index in [1.54, 1.807) is 30.0 Å². The first-order chi connectivity index (χ1) is 13.9. The molecule has 0 bridgehead atoms. The van der Waals surface area contributed by atoms with Gasteiger partial charge in [-0.3, -0.25) is 4.79 Å². The van der Waals surface area contributed by atoms with Gasteiger partial charge in [0.05, 0.1) is 18.7 Å². The molecule has 1 unspecified atom stereocenters. The molecule has 0 saturated heterocycles. The molecule has 3 rings (SSSR count). The molecule has 8 heteroatoms. The van der Waals surface area contributed by atoms with Gasteiger partial charge in [0.25, 0.3) is 0 Å². The van der Waals surface area contributed by atoms with Crippen LogP contribution in [-0.2, 0) is 22.5 Å². The number of nitrogens with one attached hydrogen (secondary N) is 1. The van der Waals surface area contributed by atoms with E-state index in [-0.39, 0.29) is 30.1 Å². The number of hydrogen-bond donors (Lipinski definition) is 2. The fourth-order valence-corrected chi connectivity index (χ4v) is 4.62. The summed E-state index contributed by atoms with van der Waals surface area (Å²) in [5.41, 5.74) is 2.25. The number of nitriles is 1. The summed E-state index contributed by atoms with van der Waals surface area (Å²) in [6.45, 7) is 4.85. The van der Waals surface area contributed by atoms with E-state index in [1.165, 1.54) is 11.3 Å². The molecule has 1 atom stereocenters. The number of carbonyl (C=O) groups is 2. The standard InChI is InChI=1S/C21H23N3O4S/c1-3-28-21(27)24-8-7-16-17(11-22)20(29-18(16)12-24)23-19(26)9-13(2)14-5-4-6-15(25)10-14/h4-6,10,13,25H,3,7-9,12H2,1-2H3,(H,23,26). The van der Waals surface area contributed by atoms with Gasteiger partial charge < -0.3 is 20.1 Å². The third-order valence-corrected chi connectivity index (χ3v) is 6.01. The van der Waals surface area contributed by atoms with Crippen molar-refractivity contribution in [3.63, 3.8) is 0 Å². The first kappa shape index (κ1) is 20.7. The maximum absolute atomic E-state index is 12.6. The number of anilines is 1. The molecule has 1 aliphatic heterocycles. The number of hydrogen-bond acceptors (Lipinski definition) is 6. The average Bonchev–Trinajstić information content (AvgIpc) is 3.03. The van der Waals surface area contributed by atoms with Crippen LogP contribution in [0.3, 0.4) is 0 Å². The summed E-state index contributed by atoms with van der Waals surface area (Å²) >= 11 is 1.34. The van der Waals surface area contributed by atoms with Crippen LogP contribution in [0.15, 0.2) is 24.3 Å². The highest BCUT2D eigenvalue weighted by Gasteiger charge is 2.28. The minimum Gasteiger partial charge on any atom is -0.508 e. The molecule has 0 radical (unpaired) electrons. The van der Waals surface area contributed by atoms with Gasteiger partial charge in [0.2, 0.25) is 5.91 Å². The van der Waals surface area contributed by atoms with Gasteiger partial charge in [-0.2, -0.15) is 5.26 Å². The van der Waals surface area contributed by atoms with Crippen LogP contribution in [0.5, 0.6) is 5.75 Å². The normalized spacial score (nSPS) is 13.9. The van der Waals surface area contributed by atoms with Crippen molar-refractivity contribution >= 4 is 28.3 Å². The van der Waals surface area contributed by atoms with E-state index in [0.717, 1.165) is 16.0 Å². The summed E-state index contributed by atoms with van der Waals surface area (Å²) in [4.78, 5) is 27.1. The quantitative estimate of drug-likeness (QED) is 0.772. The highest BCUT2D eigenvalue weighted by molar-refractivity contribution is 7.16. The number of nitrogens with zero attached hydrogens (tertiary/aromatic N) is 2. The number of amides is 2. The number of benzene rings is 1. The van der Waals surface area contributed by atoms with Gasteiger partial charge in [-0.05, 0) is 42.5 Å². The van der Waals surface area contributed by atoms with Crippen LogP contribution in [0.25, 0.3) is 0 Å². The Balaban J connectivity index is 1.71. The summed E-state index contributed by atoms with van der Waals surface area (Å²) in [5, 5.41) is 22.6. The highest BCUT2D eigenvalue weighted by atomic mass is 32.1. The van der Waals surface area contributed by atoms with Crippen molar-refractivity contribution in [2.45, 2.75) is 39.2 Å². The molecule has 7 nitrogen and oxygen atoms in total. The van der Waals surface area contributed by atoms with E-state index < -0.39 is 0 Å². The van der Waals surface area contributed by atoms with Gasteiger partial charge in [0.15, 0.2) is 0 Å². The zero-order chi connectivity index (χ0) is 21.0. The Morgan fingerprint density at radius 3 is 2.93 bits per heavy atom. The third kappa shape index (κ3) is 4.69. The van der Waals surface area contributed by atoms with Crippen LogP contribution in [0.1, 0.15) is 47.8 Å². The lowest BCUT2D eigenvalue weighted by Crippen LogP contribution is -2.35. The molecule has 29 heavy (non-hydrogen) atoms. The third-order valence-electron chi connectivity index (χ3n) is 4.88. The van der Waals surface area contributed by atoms with Gasteiger partial charge >= 0.3 is 6.09 Å². The maximum Gasteiger partial charge on any atom is 0.410 e. The molecule has 0 fully saturated rings. The van der Waals surface area contributed by atoms with Crippen LogP contribution in [0.4, 0.5) is 9.80 Å². The van der Waals surface area contributed by atoms with E-state index >= 15 is 0 Å². The van der Waals surface area contributed by atoms with E-state index in [9.17, 15) is 20.0 Å². The number of phenols is 1. The van der Waals surface area contributed by atoms with E-state index in [0.29, 0.717) is 36.7 Å². The van der Waals surface area contributed by atoms with E-state index in [1.807, 2.05) is 13.0 Å². The van der Waals surface area contributed by atoms with Gasteiger partial charge in [-0.1, -0.05) is 19.1 Å². The summed E-state index contributed by atoms with van der Waals surface area (Å²) in [6, 6.07) is 9.05. The fourth-order valence-electron chi connectivity index (χ4n) is 3.39. The molecule has 2 aromatic rings. The number of phenolic OH excluding ortho intramolecular Hbond substituents is 1. The smallest absolute Gasteiger partial charge is 0.410 e. The minimum atomic E-state index is -0.365. The zero-order valence-electron chi connectivity index (χ0n) is 16.4. The number of fused-ring (bicyclic) bond motifs is 1.